The maximum absolute atomic E-state index is 13.8. The maximum atomic E-state index is 13.8. The number of aliphatic hydroxyl groups excluding tert-OH is 2. The molecule has 0 aliphatic heterocycles. The van der Waals surface area contributed by atoms with Gasteiger partial charge in [0.2, 0.25) is 5.91 Å². The number of nitrogens with one attached hydrogen (secondary N) is 2. The minimum absolute atomic E-state index is 0.0955. The Balaban J connectivity index is 1.33. The minimum atomic E-state index is -1.01. The molecule has 3 aromatic rings. The molecule has 5 atom stereocenters. The third-order valence-corrected chi connectivity index (χ3v) is 8.37. The zero-order valence-corrected chi connectivity index (χ0v) is 23.3. The number of fused-ring (bicyclic) bond motifs is 1. The van der Waals surface area contributed by atoms with Crippen molar-refractivity contribution in [3.05, 3.63) is 107 Å². The summed E-state index contributed by atoms with van der Waals surface area (Å²) in [4.78, 5) is 26.6. The first-order chi connectivity index (χ1) is 20.0. The monoisotopic (exact) mass is 556 g/mol. The molecule has 1 saturated carbocycles. The number of carbonyl (C=O) groups excluding carboxylic acids is 2. The van der Waals surface area contributed by atoms with E-state index in [1.165, 1.54) is 0 Å². The molecule has 0 saturated heterocycles. The van der Waals surface area contributed by atoms with E-state index >= 15 is 0 Å². The van der Waals surface area contributed by atoms with Crippen LogP contribution in [0.25, 0.3) is 0 Å². The molecule has 41 heavy (non-hydrogen) atoms. The van der Waals surface area contributed by atoms with Crippen molar-refractivity contribution in [1.29, 1.82) is 0 Å². The van der Waals surface area contributed by atoms with Gasteiger partial charge in [-0.25, -0.2) is 4.79 Å². The van der Waals surface area contributed by atoms with E-state index in [4.69, 9.17) is 4.74 Å². The van der Waals surface area contributed by atoms with Gasteiger partial charge in [0.1, 0.15) is 6.10 Å². The standard InChI is InChI=1S/C34H40N2O5/c37-30(29(20-24-13-5-2-6-14-24)35-34(40)41-27-16-8-9-17-27)22-26(19-23-11-3-1-4-12-23)33(39)36-32-28-18-10-7-15-25(28)21-31(32)38/h1-7,10-15,18,26-27,29-32,37-38H,8-9,16-17,19-22H2,(H,35,40)(H,36,39). The van der Waals surface area contributed by atoms with Gasteiger partial charge in [-0.2, -0.15) is 0 Å². The second-order valence-electron chi connectivity index (χ2n) is 11.4. The van der Waals surface area contributed by atoms with Crippen LogP contribution in [0.2, 0.25) is 0 Å². The Hall–Kier alpha value is -3.68. The van der Waals surface area contributed by atoms with Gasteiger partial charge in [0.15, 0.2) is 0 Å². The first-order valence-electron chi connectivity index (χ1n) is 14.8. The molecule has 0 aromatic heterocycles. The van der Waals surface area contributed by atoms with Crippen molar-refractivity contribution in [3.63, 3.8) is 0 Å². The Kier molecular flexibility index (Phi) is 9.70. The first-order valence-corrected chi connectivity index (χ1v) is 14.8. The average Bonchev–Trinajstić information content (AvgIpc) is 3.60. The summed E-state index contributed by atoms with van der Waals surface area (Å²) in [7, 11) is 0. The van der Waals surface area contributed by atoms with Crippen molar-refractivity contribution in [1.82, 2.24) is 10.6 Å². The van der Waals surface area contributed by atoms with Crippen molar-refractivity contribution < 1.29 is 24.5 Å². The molecule has 0 heterocycles. The van der Waals surface area contributed by atoms with E-state index in [2.05, 4.69) is 10.6 Å². The fourth-order valence-corrected chi connectivity index (χ4v) is 6.15. The normalized spacial score (nSPS) is 20.5. The van der Waals surface area contributed by atoms with Crippen LogP contribution in [0, 0.1) is 5.92 Å². The summed E-state index contributed by atoms with van der Waals surface area (Å²) in [5.41, 5.74) is 3.89. The Morgan fingerprint density at radius 3 is 2.15 bits per heavy atom. The summed E-state index contributed by atoms with van der Waals surface area (Å²) >= 11 is 0. The molecule has 2 aliphatic rings. The number of carbonyl (C=O) groups is 2. The van der Waals surface area contributed by atoms with Crippen LogP contribution in [0.15, 0.2) is 84.9 Å². The number of amides is 2. The quantitative estimate of drug-likeness (QED) is 0.275. The Morgan fingerprint density at radius 1 is 0.854 bits per heavy atom. The van der Waals surface area contributed by atoms with E-state index in [0.29, 0.717) is 19.3 Å². The van der Waals surface area contributed by atoms with Gasteiger partial charge < -0.3 is 25.6 Å². The van der Waals surface area contributed by atoms with E-state index in [0.717, 1.165) is 47.9 Å². The molecule has 4 N–H and O–H groups in total. The summed E-state index contributed by atoms with van der Waals surface area (Å²) in [6.07, 6.45) is 2.88. The molecule has 0 spiro atoms. The van der Waals surface area contributed by atoms with Gasteiger partial charge in [-0.1, -0.05) is 84.9 Å². The lowest BCUT2D eigenvalue weighted by Gasteiger charge is -2.29. The zero-order valence-electron chi connectivity index (χ0n) is 23.3. The van der Waals surface area contributed by atoms with E-state index in [1.54, 1.807) is 0 Å². The van der Waals surface area contributed by atoms with Crippen LogP contribution in [0.3, 0.4) is 0 Å². The van der Waals surface area contributed by atoms with Gasteiger partial charge in [-0.15, -0.1) is 0 Å². The van der Waals surface area contributed by atoms with Gasteiger partial charge in [-0.3, -0.25) is 4.79 Å². The molecule has 1 fully saturated rings. The summed E-state index contributed by atoms with van der Waals surface area (Å²) < 4.78 is 5.64. The predicted molar refractivity (Wildman–Crippen MR) is 157 cm³/mol. The molecule has 0 bridgehead atoms. The van der Waals surface area contributed by atoms with Crippen LogP contribution < -0.4 is 10.6 Å². The maximum Gasteiger partial charge on any atom is 0.407 e. The van der Waals surface area contributed by atoms with Crippen LogP contribution in [-0.4, -0.2) is 46.6 Å². The Bertz CT molecular complexity index is 1280. The summed E-state index contributed by atoms with van der Waals surface area (Å²) in [5, 5.41) is 28.3. The molecule has 7 nitrogen and oxygen atoms in total. The van der Waals surface area contributed by atoms with Gasteiger partial charge in [0, 0.05) is 12.3 Å². The Morgan fingerprint density at radius 2 is 1.46 bits per heavy atom. The van der Waals surface area contributed by atoms with E-state index in [-0.39, 0.29) is 18.4 Å². The van der Waals surface area contributed by atoms with E-state index < -0.39 is 36.3 Å². The molecule has 0 radical (unpaired) electrons. The van der Waals surface area contributed by atoms with Crippen molar-refractivity contribution in [2.75, 3.05) is 0 Å². The SMILES string of the molecule is O=C(NC(Cc1ccccc1)C(O)CC(Cc1ccccc1)C(=O)NC1c2ccccc2CC1O)OC1CCCC1. The van der Waals surface area contributed by atoms with E-state index in [9.17, 15) is 19.8 Å². The molecule has 216 valence electrons. The third kappa shape index (κ3) is 7.75. The predicted octanol–water partition coefficient (Wildman–Crippen LogP) is 4.65. The highest BCUT2D eigenvalue weighted by molar-refractivity contribution is 5.80. The smallest absolute Gasteiger partial charge is 0.407 e. The first kappa shape index (κ1) is 28.8. The average molecular weight is 557 g/mol. The molecular formula is C34H40N2O5. The summed E-state index contributed by atoms with van der Waals surface area (Å²) in [6.45, 7) is 0. The van der Waals surface area contributed by atoms with Gasteiger partial charge >= 0.3 is 6.09 Å². The molecule has 2 amide bonds. The molecule has 7 heteroatoms. The van der Waals surface area contributed by atoms with Gasteiger partial charge in [0.25, 0.3) is 0 Å². The van der Waals surface area contributed by atoms with Crippen molar-refractivity contribution in [2.24, 2.45) is 5.92 Å². The highest BCUT2D eigenvalue weighted by Gasteiger charge is 2.35. The number of benzene rings is 3. The molecule has 5 unspecified atom stereocenters. The van der Waals surface area contributed by atoms with Crippen molar-refractivity contribution >= 4 is 12.0 Å². The summed E-state index contributed by atoms with van der Waals surface area (Å²) in [5.74, 6) is -0.820. The van der Waals surface area contributed by atoms with Crippen LogP contribution in [0.1, 0.15) is 60.4 Å². The molecule has 3 aromatic carbocycles. The lowest BCUT2D eigenvalue weighted by Crippen LogP contribution is -2.48. The topological polar surface area (TPSA) is 108 Å². The minimum Gasteiger partial charge on any atom is -0.446 e. The number of hydrogen-bond donors (Lipinski definition) is 4. The zero-order chi connectivity index (χ0) is 28.6. The largest absolute Gasteiger partial charge is 0.446 e. The highest BCUT2D eigenvalue weighted by atomic mass is 16.6. The van der Waals surface area contributed by atoms with Crippen LogP contribution >= 0.6 is 0 Å². The second kappa shape index (κ2) is 13.8. The molecular weight excluding hydrogens is 516 g/mol. The number of hydrogen-bond acceptors (Lipinski definition) is 5. The number of alkyl carbamates (subject to hydrolysis) is 1. The summed E-state index contributed by atoms with van der Waals surface area (Å²) in [6, 6.07) is 26.0. The van der Waals surface area contributed by atoms with Crippen LogP contribution in [0.4, 0.5) is 4.79 Å². The van der Waals surface area contributed by atoms with Gasteiger partial charge in [0.05, 0.1) is 24.3 Å². The highest BCUT2D eigenvalue weighted by Crippen LogP contribution is 2.32. The Labute approximate surface area is 241 Å². The number of ether oxygens (including phenoxy) is 1. The fraction of sp³-hybridized carbons (Fsp3) is 0.412. The second-order valence-corrected chi connectivity index (χ2v) is 11.4. The number of rotatable bonds is 11. The van der Waals surface area contributed by atoms with Crippen molar-refractivity contribution in [3.8, 4) is 0 Å². The third-order valence-electron chi connectivity index (χ3n) is 8.37. The van der Waals surface area contributed by atoms with E-state index in [1.807, 2.05) is 84.9 Å². The lowest BCUT2D eigenvalue weighted by molar-refractivity contribution is -0.127. The molecule has 2 aliphatic carbocycles. The van der Waals surface area contributed by atoms with Crippen LogP contribution in [0.5, 0.6) is 0 Å². The van der Waals surface area contributed by atoms with Crippen LogP contribution in [-0.2, 0) is 28.8 Å². The fourth-order valence-electron chi connectivity index (χ4n) is 6.15. The lowest BCUT2D eigenvalue weighted by atomic mass is 9.88. The van der Waals surface area contributed by atoms with Crippen molar-refractivity contribution in [2.45, 2.75) is 81.8 Å². The molecule has 5 rings (SSSR count). The van der Waals surface area contributed by atoms with Gasteiger partial charge in [-0.05, 0) is 67.2 Å². The number of aliphatic hydroxyl groups is 2.